The number of aliphatic carboxylic acids is 1. The Hall–Kier alpha value is -2.97. The fourth-order valence-electron chi connectivity index (χ4n) is 1.82. The van der Waals surface area contributed by atoms with Crippen molar-refractivity contribution in [1.82, 2.24) is 5.32 Å². The number of ether oxygens (including phenoxy) is 1. The Morgan fingerprint density at radius 2 is 2.09 bits per heavy atom. The van der Waals surface area contributed by atoms with Gasteiger partial charge in [0.25, 0.3) is 5.91 Å². The number of aliphatic imine (C=N–C) groups is 1. The van der Waals surface area contributed by atoms with Crippen LogP contribution in [0.4, 0.5) is 0 Å². The van der Waals surface area contributed by atoms with Crippen LogP contribution in [0.3, 0.4) is 0 Å². The highest BCUT2D eigenvalue weighted by atomic mass is 16.5. The van der Waals surface area contributed by atoms with Crippen molar-refractivity contribution in [1.29, 1.82) is 0 Å². The highest BCUT2D eigenvalue weighted by molar-refractivity contribution is 5.97. The molecule has 9 heteroatoms. The smallest absolute Gasteiger partial charge is 0.326 e. The Kier molecular flexibility index (Phi) is 6.66. The van der Waals surface area contributed by atoms with E-state index in [4.69, 9.17) is 21.3 Å². The molecule has 0 fully saturated rings. The maximum Gasteiger partial charge on any atom is 0.326 e. The van der Waals surface area contributed by atoms with Gasteiger partial charge < -0.3 is 31.7 Å². The molecule has 0 spiro atoms. The highest BCUT2D eigenvalue weighted by Crippen LogP contribution is 2.26. The molecular weight excluding hydrogens is 304 g/mol. The van der Waals surface area contributed by atoms with Crippen molar-refractivity contribution >= 4 is 17.8 Å². The first-order chi connectivity index (χ1) is 10.8. The molecule has 0 unspecified atom stereocenters. The third-order valence-electron chi connectivity index (χ3n) is 2.99. The number of aromatic hydroxyl groups is 1. The van der Waals surface area contributed by atoms with Crippen LogP contribution in [-0.4, -0.2) is 47.7 Å². The number of phenolic OH excluding ortho intramolecular Hbond substituents is 1. The summed E-state index contributed by atoms with van der Waals surface area (Å²) in [6.07, 6.45) is 0.571. The number of guanidine groups is 1. The van der Waals surface area contributed by atoms with Crippen molar-refractivity contribution in [2.24, 2.45) is 16.5 Å². The standard InChI is InChI=1S/C14H20N4O5/c1-23-11-7-8(4-5-10(11)19)12(20)18-9(13(21)22)3-2-6-17-14(15)16/h4-5,7,9,19H,2-3,6H2,1H3,(H,18,20)(H,21,22)(H4,15,16,17)/t9-/m1/s1. The number of amides is 1. The molecule has 0 saturated heterocycles. The molecule has 0 radical (unpaired) electrons. The first kappa shape index (κ1) is 18.1. The number of nitrogens with one attached hydrogen (secondary N) is 1. The molecule has 9 nitrogen and oxygen atoms in total. The Balaban J connectivity index is 2.70. The van der Waals surface area contributed by atoms with Crippen LogP contribution in [-0.2, 0) is 4.79 Å². The van der Waals surface area contributed by atoms with Gasteiger partial charge >= 0.3 is 5.97 Å². The number of rotatable bonds is 8. The number of methoxy groups -OCH3 is 1. The van der Waals surface area contributed by atoms with Gasteiger partial charge in [-0.2, -0.15) is 0 Å². The van der Waals surface area contributed by atoms with Gasteiger partial charge in [0.2, 0.25) is 0 Å². The van der Waals surface area contributed by atoms with Gasteiger partial charge in [0.15, 0.2) is 17.5 Å². The normalized spacial score (nSPS) is 11.3. The predicted octanol–water partition coefficient (Wildman–Crippen LogP) is -0.363. The number of carbonyl (C=O) groups is 2. The van der Waals surface area contributed by atoms with Crippen molar-refractivity contribution in [2.75, 3.05) is 13.7 Å². The van der Waals surface area contributed by atoms with Crippen molar-refractivity contribution in [3.63, 3.8) is 0 Å². The second kappa shape index (κ2) is 8.47. The molecule has 0 aliphatic carbocycles. The van der Waals surface area contributed by atoms with Gasteiger partial charge in [-0.05, 0) is 31.0 Å². The van der Waals surface area contributed by atoms with Crippen LogP contribution in [0.5, 0.6) is 11.5 Å². The van der Waals surface area contributed by atoms with Gasteiger partial charge in [-0.25, -0.2) is 4.79 Å². The molecule has 1 aromatic carbocycles. The first-order valence-electron chi connectivity index (χ1n) is 6.81. The lowest BCUT2D eigenvalue weighted by atomic mass is 10.1. The number of benzene rings is 1. The minimum Gasteiger partial charge on any atom is -0.504 e. The second-order valence-corrected chi connectivity index (χ2v) is 4.70. The van der Waals surface area contributed by atoms with E-state index in [1.807, 2.05) is 0 Å². The minimum atomic E-state index is -1.16. The Morgan fingerprint density at radius 1 is 1.39 bits per heavy atom. The summed E-state index contributed by atoms with van der Waals surface area (Å²) in [6, 6.07) is 2.91. The average molecular weight is 324 g/mol. The molecule has 23 heavy (non-hydrogen) atoms. The summed E-state index contributed by atoms with van der Waals surface area (Å²) in [5.74, 6) is -1.81. The lowest BCUT2D eigenvalue weighted by Crippen LogP contribution is -2.40. The molecule has 1 atom stereocenters. The maximum absolute atomic E-state index is 12.1. The topological polar surface area (TPSA) is 160 Å². The van der Waals surface area contributed by atoms with E-state index in [1.54, 1.807) is 0 Å². The summed E-state index contributed by atoms with van der Waals surface area (Å²) < 4.78 is 4.91. The zero-order valence-electron chi connectivity index (χ0n) is 12.7. The molecule has 1 aromatic rings. The molecule has 0 saturated carbocycles. The predicted molar refractivity (Wildman–Crippen MR) is 83.5 cm³/mol. The Labute approximate surface area is 133 Å². The van der Waals surface area contributed by atoms with Crippen LogP contribution in [0.2, 0.25) is 0 Å². The van der Waals surface area contributed by atoms with E-state index in [2.05, 4.69) is 10.3 Å². The molecule has 0 heterocycles. The maximum atomic E-state index is 12.1. The molecule has 126 valence electrons. The Morgan fingerprint density at radius 3 is 2.65 bits per heavy atom. The van der Waals surface area contributed by atoms with E-state index in [-0.39, 0.29) is 36.0 Å². The Bertz CT molecular complexity index is 599. The molecular formula is C14H20N4O5. The van der Waals surface area contributed by atoms with Gasteiger partial charge in [0.05, 0.1) is 7.11 Å². The van der Waals surface area contributed by atoms with E-state index < -0.39 is 17.9 Å². The first-order valence-corrected chi connectivity index (χ1v) is 6.81. The number of carboxylic acid groups (broad SMARTS) is 1. The van der Waals surface area contributed by atoms with Crippen LogP contribution in [0.25, 0.3) is 0 Å². The third-order valence-corrected chi connectivity index (χ3v) is 2.99. The number of phenols is 1. The van der Waals surface area contributed by atoms with Crippen molar-refractivity contribution in [3.8, 4) is 11.5 Å². The van der Waals surface area contributed by atoms with E-state index >= 15 is 0 Å². The molecule has 0 aromatic heterocycles. The van der Waals surface area contributed by atoms with Gasteiger partial charge in [-0.3, -0.25) is 9.79 Å². The van der Waals surface area contributed by atoms with E-state index in [1.165, 1.54) is 25.3 Å². The molecule has 7 N–H and O–H groups in total. The number of hydrogen-bond acceptors (Lipinski definition) is 5. The van der Waals surface area contributed by atoms with Crippen molar-refractivity contribution in [3.05, 3.63) is 23.8 Å². The monoisotopic (exact) mass is 324 g/mol. The minimum absolute atomic E-state index is 0.0721. The molecule has 0 aliphatic heterocycles. The zero-order valence-corrected chi connectivity index (χ0v) is 12.7. The summed E-state index contributed by atoms with van der Waals surface area (Å²) >= 11 is 0. The van der Waals surface area contributed by atoms with Crippen molar-refractivity contribution < 1.29 is 24.5 Å². The van der Waals surface area contributed by atoms with E-state index in [0.29, 0.717) is 6.42 Å². The van der Waals surface area contributed by atoms with Crippen LogP contribution in [0.15, 0.2) is 23.2 Å². The molecule has 0 bridgehead atoms. The highest BCUT2D eigenvalue weighted by Gasteiger charge is 2.20. The summed E-state index contributed by atoms with van der Waals surface area (Å²) in [7, 11) is 1.35. The van der Waals surface area contributed by atoms with Crippen LogP contribution in [0.1, 0.15) is 23.2 Å². The summed E-state index contributed by atoms with van der Waals surface area (Å²) in [5, 5.41) is 21.1. The summed E-state index contributed by atoms with van der Waals surface area (Å²) in [4.78, 5) is 27.1. The quantitative estimate of drug-likeness (QED) is 0.248. The van der Waals surface area contributed by atoms with Crippen LogP contribution in [0, 0.1) is 0 Å². The summed E-state index contributed by atoms with van der Waals surface area (Å²) in [5.41, 5.74) is 10.5. The van der Waals surface area contributed by atoms with Crippen molar-refractivity contribution in [2.45, 2.75) is 18.9 Å². The lowest BCUT2D eigenvalue weighted by Gasteiger charge is -2.14. The fourth-order valence-corrected chi connectivity index (χ4v) is 1.82. The number of hydrogen-bond donors (Lipinski definition) is 5. The number of nitrogens with zero attached hydrogens (tertiary/aromatic N) is 1. The van der Waals surface area contributed by atoms with Gasteiger partial charge in [0, 0.05) is 12.1 Å². The van der Waals surface area contributed by atoms with Gasteiger partial charge in [-0.1, -0.05) is 0 Å². The summed E-state index contributed by atoms with van der Waals surface area (Å²) in [6.45, 7) is 0.273. The van der Waals surface area contributed by atoms with Crippen LogP contribution >= 0.6 is 0 Å². The lowest BCUT2D eigenvalue weighted by molar-refractivity contribution is -0.139. The largest absolute Gasteiger partial charge is 0.504 e. The second-order valence-electron chi connectivity index (χ2n) is 4.70. The zero-order chi connectivity index (χ0) is 17.4. The van der Waals surface area contributed by atoms with E-state index in [0.717, 1.165) is 0 Å². The number of nitrogens with two attached hydrogens (primary N) is 2. The fraction of sp³-hybridized carbons (Fsp3) is 0.357. The van der Waals surface area contributed by atoms with Gasteiger partial charge in [-0.15, -0.1) is 0 Å². The average Bonchev–Trinajstić information content (AvgIpc) is 2.50. The van der Waals surface area contributed by atoms with Gasteiger partial charge in [0.1, 0.15) is 6.04 Å². The number of carboxylic acids is 1. The molecule has 1 amide bonds. The molecule has 1 rings (SSSR count). The van der Waals surface area contributed by atoms with E-state index in [9.17, 15) is 14.7 Å². The SMILES string of the molecule is COc1cc(C(=O)N[C@H](CCCN=C(N)N)C(=O)O)ccc1O. The number of carbonyl (C=O) groups excluding carboxylic acids is 1. The third kappa shape index (κ3) is 5.73. The van der Waals surface area contributed by atoms with Crippen LogP contribution < -0.4 is 21.5 Å². The molecule has 0 aliphatic rings.